The second-order valence-corrected chi connectivity index (χ2v) is 8.75. The normalized spacial score (nSPS) is 11.0. The molecular formula is C25H48O4. The number of hydrogen-bond acceptors (Lipinski definition) is 4. The average molecular weight is 413 g/mol. The summed E-state index contributed by atoms with van der Waals surface area (Å²) in [6, 6.07) is 0. The molecule has 0 saturated heterocycles. The van der Waals surface area contributed by atoms with Crippen LogP contribution in [-0.4, -0.2) is 25.2 Å². The molecule has 0 saturated carbocycles. The van der Waals surface area contributed by atoms with Crippen LogP contribution in [-0.2, 0) is 19.1 Å². The standard InChI is InChI=1S/C25H48O4/c1-4-5-6-7-8-9-10-11-12-13-14-15-16-17-21-28-24(26)19-18-20-25(27)29-22-23(2)3/h23H,4-22H2,1-3H3. The van der Waals surface area contributed by atoms with E-state index in [1.54, 1.807) is 0 Å². The maximum atomic E-state index is 11.7. The van der Waals surface area contributed by atoms with Gasteiger partial charge in [-0.15, -0.1) is 0 Å². The van der Waals surface area contributed by atoms with E-state index in [1.807, 2.05) is 13.8 Å². The molecule has 0 aliphatic rings. The van der Waals surface area contributed by atoms with Gasteiger partial charge in [0.2, 0.25) is 0 Å². The van der Waals surface area contributed by atoms with Crippen LogP contribution in [0, 0.1) is 5.92 Å². The maximum Gasteiger partial charge on any atom is 0.305 e. The summed E-state index contributed by atoms with van der Waals surface area (Å²) in [6.07, 6.45) is 19.6. The van der Waals surface area contributed by atoms with Crippen molar-refractivity contribution in [2.45, 2.75) is 130 Å². The molecule has 0 amide bonds. The fourth-order valence-electron chi connectivity index (χ4n) is 3.26. The molecule has 0 aliphatic heterocycles. The summed E-state index contributed by atoms with van der Waals surface area (Å²) in [5.41, 5.74) is 0. The molecule has 0 aromatic carbocycles. The zero-order valence-electron chi connectivity index (χ0n) is 19.6. The van der Waals surface area contributed by atoms with E-state index < -0.39 is 0 Å². The predicted octanol–water partition coefficient (Wildman–Crippen LogP) is 7.38. The molecule has 0 rings (SSSR count). The lowest BCUT2D eigenvalue weighted by atomic mass is 10.0. The summed E-state index contributed by atoms with van der Waals surface area (Å²) < 4.78 is 10.3. The van der Waals surface area contributed by atoms with E-state index in [9.17, 15) is 9.59 Å². The summed E-state index contributed by atoms with van der Waals surface area (Å²) in [5, 5.41) is 0. The van der Waals surface area contributed by atoms with Crippen molar-refractivity contribution in [1.29, 1.82) is 0 Å². The topological polar surface area (TPSA) is 52.6 Å². The van der Waals surface area contributed by atoms with Gasteiger partial charge in [0.25, 0.3) is 0 Å². The number of esters is 2. The Labute approximate surface area is 180 Å². The second-order valence-electron chi connectivity index (χ2n) is 8.75. The van der Waals surface area contributed by atoms with Gasteiger partial charge in [-0.3, -0.25) is 9.59 Å². The van der Waals surface area contributed by atoms with Crippen LogP contribution in [0.15, 0.2) is 0 Å². The first-order valence-corrected chi connectivity index (χ1v) is 12.4. The van der Waals surface area contributed by atoms with Gasteiger partial charge in [0, 0.05) is 12.8 Å². The second kappa shape index (κ2) is 21.6. The predicted molar refractivity (Wildman–Crippen MR) is 121 cm³/mol. The molecule has 0 fully saturated rings. The van der Waals surface area contributed by atoms with Gasteiger partial charge in [0.05, 0.1) is 13.2 Å². The molecule has 29 heavy (non-hydrogen) atoms. The largest absolute Gasteiger partial charge is 0.466 e. The lowest BCUT2D eigenvalue weighted by Gasteiger charge is -2.07. The Morgan fingerprint density at radius 1 is 0.586 bits per heavy atom. The third kappa shape index (κ3) is 23.1. The van der Waals surface area contributed by atoms with E-state index >= 15 is 0 Å². The number of unbranched alkanes of at least 4 members (excludes halogenated alkanes) is 13. The summed E-state index contributed by atoms with van der Waals surface area (Å²) in [5.74, 6) is -0.0798. The number of carbonyl (C=O) groups is 2. The first-order chi connectivity index (χ1) is 14.1. The molecule has 0 spiro atoms. The molecule has 0 unspecified atom stereocenters. The van der Waals surface area contributed by atoms with E-state index in [4.69, 9.17) is 9.47 Å². The molecule has 0 atom stereocenters. The lowest BCUT2D eigenvalue weighted by molar-refractivity contribution is -0.146. The van der Waals surface area contributed by atoms with Crippen molar-refractivity contribution in [3.8, 4) is 0 Å². The van der Waals surface area contributed by atoms with Crippen LogP contribution in [0.1, 0.15) is 130 Å². The van der Waals surface area contributed by atoms with Gasteiger partial charge in [-0.2, -0.15) is 0 Å². The molecular weight excluding hydrogens is 364 g/mol. The highest BCUT2D eigenvalue weighted by Crippen LogP contribution is 2.13. The zero-order valence-corrected chi connectivity index (χ0v) is 19.6. The minimum absolute atomic E-state index is 0.198. The van der Waals surface area contributed by atoms with Gasteiger partial charge < -0.3 is 9.47 Å². The number of carbonyl (C=O) groups excluding carboxylic acids is 2. The number of ether oxygens (including phenoxy) is 2. The number of hydrogen-bond donors (Lipinski definition) is 0. The van der Waals surface area contributed by atoms with Crippen LogP contribution in [0.5, 0.6) is 0 Å². The van der Waals surface area contributed by atoms with Crippen LogP contribution >= 0.6 is 0 Å². The Balaban J connectivity index is 3.24. The van der Waals surface area contributed by atoms with E-state index in [2.05, 4.69) is 6.92 Å². The quantitative estimate of drug-likeness (QED) is 0.146. The van der Waals surface area contributed by atoms with Crippen molar-refractivity contribution in [3.05, 3.63) is 0 Å². The Kier molecular flexibility index (Phi) is 20.9. The summed E-state index contributed by atoms with van der Waals surface area (Å²) >= 11 is 0. The van der Waals surface area contributed by atoms with Crippen molar-refractivity contribution < 1.29 is 19.1 Å². The fraction of sp³-hybridized carbons (Fsp3) is 0.920. The van der Waals surface area contributed by atoms with Gasteiger partial charge in [0.15, 0.2) is 0 Å². The van der Waals surface area contributed by atoms with Crippen molar-refractivity contribution in [2.24, 2.45) is 5.92 Å². The van der Waals surface area contributed by atoms with Gasteiger partial charge in [-0.05, 0) is 18.8 Å². The molecule has 0 aromatic heterocycles. The van der Waals surface area contributed by atoms with E-state index in [-0.39, 0.29) is 11.9 Å². The molecule has 4 heteroatoms. The highest BCUT2D eigenvalue weighted by atomic mass is 16.5. The molecule has 0 radical (unpaired) electrons. The highest BCUT2D eigenvalue weighted by molar-refractivity contribution is 5.72. The third-order valence-corrected chi connectivity index (χ3v) is 5.10. The summed E-state index contributed by atoms with van der Waals surface area (Å²) in [4.78, 5) is 23.1. The fourth-order valence-corrected chi connectivity index (χ4v) is 3.26. The van der Waals surface area contributed by atoms with Crippen molar-refractivity contribution in [3.63, 3.8) is 0 Å². The van der Waals surface area contributed by atoms with Gasteiger partial charge >= 0.3 is 11.9 Å². The Hall–Kier alpha value is -1.06. The monoisotopic (exact) mass is 412 g/mol. The Bertz CT molecular complexity index is 379. The first-order valence-electron chi connectivity index (χ1n) is 12.4. The Morgan fingerprint density at radius 3 is 1.45 bits per heavy atom. The van der Waals surface area contributed by atoms with E-state index in [0.29, 0.717) is 38.4 Å². The third-order valence-electron chi connectivity index (χ3n) is 5.10. The summed E-state index contributed by atoms with van der Waals surface area (Å²) in [7, 11) is 0. The van der Waals surface area contributed by atoms with Crippen LogP contribution < -0.4 is 0 Å². The maximum absolute atomic E-state index is 11.7. The highest BCUT2D eigenvalue weighted by Gasteiger charge is 2.08. The molecule has 172 valence electrons. The van der Waals surface area contributed by atoms with Crippen LogP contribution in [0.2, 0.25) is 0 Å². The van der Waals surface area contributed by atoms with E-state index in [1.165, 1.54) is 77.0 Å². The Morgan fingerprint density at radius 2 is 1.00 bits per heavy atom. The molecule has 0 bridgehead atoms. The van der Waals surface area contributed by atoms with Gasteiger partial charge in [-0.25, -0.2) is 0 Å². The lowest BCUT2D eigenvalue weighted by Crippen LogP contribution is -2.11. The molecule has 0 aromatic rings. The van der Waals surface area contributed by atoms with E-state index in [0.717, 1.165) is 12.8 Å². The van der Waals surface area contributed by atoms with Crippen molar-refractivity contribution >= 4 is 11.9 Å². The minimum atomic E-state index is -0.224. The van der Waals surface area contributed by atoms with Gasteiger partial charge in [0.1, 0.15) is 0 Å². The van der Waals surface area contributed by atoms with Crippen LogP contribution in [0.4, 0.5) is 0 Å². The smallest absolute Gasteiger partial charge is 0.305 e. The zero-order chi connectivity index (χ0) is 21.6. The SMILES string of the molecule is CCCCCCCCCCCCCCCCOC(=O)CCCC(=O)OCC(C)C. The van der Waals surface area contributed by atoms with Gasteiger partial charge in [-0.1, -0.05) is 104 Å². The molecule has 0 aliphatic carbocycles. The van der Waals surface area contributed by atoms with Crippen LogP contribution in [0.3, 0.4) is 0 Å². The van der Waals surface area contributed by atoms with Crippen molar-refractivity contribution in [2.75, 3.05) is 13.2 Å². The molecule has 0 heterocycles. The van der Waals surface area contributed by atoms with Crippen molar-refractivity contribution in [1.82, 2.24) is 0 Å². The average Bonchev–Trinajstić information content (AvgIpc) is 2.69. The van der Waals surface area contributed by atoms with Crippen LogP contribution in [0.25, 0.3) is 0 Å². The first kappa shape index (κ1) is 27.9. The molecule has 4 nitrogen and oxygen atoms in total. The number of rotatable bonds is 21. The summed E-state index contributed by atoms with van der Waals surface area (Å²) in [6.45, 7) is 7.23. The minimum Gasteiger partial charge on any atom is -0.466 e. The molecule has 0 N–H and O–H groups in total.